The van der Waals surface area contributed by atoms with Gasteiger partial charge in [-0.2, -0.15) is 0 Å². The minimum atomic E-state index is 0.811. The Kier molecular flexibility index (Phi) is 1.39. The molecule has 2 aromatic rings. The molecule has 3 heteroatoms. The van der Waals surface area contributed by atoms with Crippen LogP contribution in [0.15, 0.2) is 35.1 Å². The van der Waals surface area contributed by atoms with Crippen molar-refractivity contribution in [3.63, 3.8) is 0 Å². The predicted octanol–water partition coefficient (Wildman–Crippen LogP) is 2.28. The standard InChI is InChI=1S/C8H7BrN2/c9-6-1-3-11-4-2-7(10)8(11)5-6/h1-5H,10H2. The summed E-state index contributed by atoms with van der Waals surface area (Å²) in [6.45, 7) is 0. The number of nitrogens with zero attached hydrogens (tertiary/aromatic N) is 1. The highest BCUT2D eigenvalue weighted by atomic mass is 79.9. The summed E-state index contributed by atoms with van der Waals surface area (Å²) in [5.74, 6) is 0. The third-order valence-electron chi connectivity index (χ3n) is 1.66. The van der Waals surface area contributed by atoms with Gasteiger partial charge in [0.15, 0.2) is 0 Å². The van der Waals surface area contributed by atoms with Crippen molar-refractivity contribution in [2.45, 2.75) is 0 Å². The van der Waals surface area contributed by atoms with Crippen molar-refractivity contribution in [2.24, 2.45) is 0 Å². The first-order valence-electron chi connectivity index (χ1n) is 3.29. The molecule has 0 atom stereocenters. The normalized spacial score (nSPS) is 10.6. The second-order valence-corrected chi connectivity index (χ2v) is 3.32. The summed E-state index contributed by atoms with van der Waals surface area (Å²) in [5.41, 5.74) is 7.56. The molecule has 0 spiro atoms. The van der Waals surface area contributed by atoms with E-state index in [1.807, 2.05) is 35.0 Å². The summed E-state index contributed by atoms with van der Waals surface area (Å²) in [7, 11) is 0. The lowest BCUT2D eigenvalue weighted by Gasteiger charge is -1.95. The number of hydrogen-bond donors (Lipinski definition) is 1. The van der Waals surface area contributed by atoms with Crippen LogP contribution in [0.2, 0.25) is 0 Å². The molecule has 0 bridgehead atoms. The zero-order chi connectivity index (χ0) is 7.84. The zero-order valence-electron chi connectivity index (χ0n) is 5.79. The van der Waals surface area contributed by atoms with Gasteiger partial charge in [0.05, 0.1) is 11.2 Å². The number of nitrogens with two attached hydrogens (primary N) is 1. The van der Waals surface area contributed by atoms with E-state index in [0.717, 1.165) is 15.7 Å². The van der Waals surface area contributed by atoms with Crippen LogP contribution < -0.4 is 5.73 Å². The Morgan fingerprint density at radius 1 is 1.27 bits per heavy atom. The van der Waals surface area contributed by atoms with Crippen molar-refractivity contribution in [2.75, 3.05) is 5.73 Å². The Labute approximate surface area is 72.8 Å². The molecule has 0 saturated heterocycles. The first kappa shape index (κ1) is 6.73. The average Bonchev–Trinajstić information content (AvgIpc) is 2.33. The Bertz CT molecular complexity index is 392. The number of anilines is 1. The van der Waals surface area contributed by atoms with E-state index in [1.165, 1.54) is 0 Å². The fourth-order valence-electron chi connectivity index (χ4n) is 1.09. The highest BCUT2D eigenvalue weighted by molar-refractivity contribution is 9.10. The maximum absolute atomic E-state index is 5.70. The van der Waals surface area contributed by atoms with Crippen molar-refractivity contribution in [3.8, 4) is 0 Å². The molecule has 56 valence electrons. The van der Waals surface area contributed by atoms with Crippen LogP contribution in [0.4, 0.5) is 5.69 Å². The third-order valence-corrected chi connectivity index (χ3v) is 2.15. The number of rotatable bonds is 0. The molecule has 2 heterocycles. The molecule has 0 aliphatic rings. The second kappa shape index (κ2) is 2.27. The number of aromatic nitrogens is 1. The molecule has 2 aromatic heterocycles. The zero-order valence-corrected chi connectivity index (χ0v) is 7.38. The van der Waals surface area contributed by atoms with Crippen molar-refractivity contribution >= 4 is 27.1 Å². The Morgan fingerprint density at radius 3 is 2.82 bits per heavy atom. The summed E-state index contributed by atoms with van der Waals surface area (Å²) in [6.07, 6.45) is 3.91. The number of hydrogen-bond acceptors (Lipinski definition) is 1. The van der Waals surface area contributed by atoms with Gasteiger partial charge in [0, 0.05) is 16.9 Å². The van der Waals surface area contributed by atoms with Gasteiger partial charge in [-0.05, 0) is 18.2 Å². The van der Waals surface area contributed by atoms with Crippen LogP contribution in [0.25, 0.3) is 5.52 Å². The highest BCUT2D eigenvalue weighted by Gasteiger charge is 1.96. The van der Waals surface area contributed by atoms with E-state index in [9.17, 15) is 0 Å². The Morgan fingerprint density at radius 2 is 2.00 bits per heavy atom. The lowest BCUT2D eigenvalue weighted by atomic mass is 10.4. The van der Waals surface area contributed by atoms with Crippen LogP contribution >= 0.6 is 15.9 Å². The van der Waals surface area contributed by atoms with E-state index in [0.29, 0.717) is 0 Å². The largest absolute Gasteiger partial charge is 0.397 e. The number of fused-ring (bicyclic) bond motifs is 1. The van der Waals surface area contributed by atoms with Crippen LogP contribution in [0.1, 0.15) is 0 Å². The van der Waals surface area contributed by atoms with E-state index in [4.69, 9.17) is 5.73 Å². The summed E-state index contributed by atoms with van der Waals surface area (Å²) in [5, 5.41) is 0. The van der Waals surface area contributed by atoms with Gasteiger partial charge in [-0.3, -0.25) is 0 Å². The number of nitrogen functional groups attached to an aromatic ring is 1. The van der Waals surface area contributed by atoms with Crippen molar-refractivity contribution in [3.05, 3.63) is 35.1 Å². The molecule has 2 nitrogen and oxygen atoms in total. The summed E-state index contributed by atoms with van der Waals surface area (Å²) in [6, 6.07) is 5.86. The molecule has 0 fully saturated rings. The molecule has 0 amide bonds. The average molecular weight is 211 g/mol. The molecule has 0 saturated carbocycles. The number of pyridine rings is 1. The molecule has 0 aromatic carbocycles. The first-order chi connectivity index (χ1) is 5.27. The summed E-state index contributed by atoms with van der Waals surface area (Å²) < 4.78 is 3.04. The van der Waals surface area contributed by atoms with E-state index >= 15 is 0 Å². The molecule has 11 heavy (non-hydrogen) atoms. The smallest absolute Gasteiger partial charge is 0.0692 e. The van der Waals surface area contributed by atoms with Crippen molar-refractivity contribution < 1.29 is 0 Å². The molecule has 0 aliphatic carbocycles. The maximum Gasteiger partial charge on any atom is 0.0692 e. The van der Waals surface area contributed by atoms with Gasteiger partial charge < -0.3 is 10.1 Å². The fourth-order valence-corrected chi connectivity index (χ4v) is 1.43. The monoisotopic (exact) mass is 210 g/mol. The van der Waals surface area contributed by atoms with Crippen LogP contribution in [0.3, 0.4) is 0 Å². The van der Waals surface area contributed by atoms with Gasteiger partial charge in [-0.15, -0.1) is 0 Å². The summed E-state index contributed by atoms with van der Waals surface area (Å²) in [4.78, 5) is 0. The Balaban J connectivity index is 2.87. The molecule has 2 rings (SSSR count). The van der Waals surface area contributed by atoms with Crippen LogP contribution in [-0.4, -0.2) is 4.40 Å². The van der Waals surface area contributed by atoms with E-state index in [-0.39, 0.29) is 0 Å². The first-order valence-corrected chi connectivity index (χ1v) is 4.08. The third kappa shape index (κ3) is 1.01. The molecule has 0 radical (unpaired) electrons. The van der Waals surface area contributed by atoms with Gasteiger partial charge in [0.1, 0.15) is 0 Å². The van der Waals surface area contributed by atoms with E-state index in [2.05, 4.69) is 15.9 Å². The van der Waals surface area contributed by atoms with Crippen molar-refractivity contribution in [1.82, 2.24) is 4.40 Å². The second-order valence-electron chi connectivity index (χ2n) is 2.41. The predicted molar refractivity (Wildman–Crippen MR) is 49.5 cm³/mol. The van der Waals surface area contributed by atoms with Gasteiger partial charge in [-0.25, -0.2) is 0 Å². The van der Waals surface area contributed by atoms with E-state index in [1.54, 1.807) is 0 Å². The van der Waals surface area contributed by atoms with Gasteiger partial charge in [-0.1, -0.05) is 15.9 Å². The minimum Gasteiger partial charge on any atom is -0.397 e. The lowest BCUT2D eigenvalue weighted by Crippen LogP contribution is -1.84. The highest BCUT2D eigenvalue weighted by Crippen LogP contribution is 2.18. The Hall–Kier alpha value is -0.960. The van der Waals surface area contributed by atoms with Gasteiger partial charge in [0.2, 0.25) is 0 Å². The van der Waals surface area contributed by atoms with Crippen molar-refractivity contribution in [1.29, 1.82) is 0 Å². The van der Waals surface area contributed by atoms with Crippen LogP contribution in [0, 0.1) is 0 Å². The van der Waals surface area contributed by atoms with Crippen LogP contribution in [-0.2, 0) is 0 Å². The molecular formula is C8H7BrN2. The molecule has 0 aliphatic heterocycles. The molecule has 2 N–H and O–H groups in total. The minimum absolute atomic E-state index is 0.811. The topological polar surface area (TPSA) is 30.4 Å². The van der Waals surface area contributed by atoms with Gasteiger partial charge >= 0.3 is 0 Å². The van der Waals surface area contributed by atoms with Crippen LogP contribution in [0.5, 0.6) is 0 Å². The lowest BCUT2D eigenvalue weighted by molar-refractivity contribution is 1.19. The molecule has 0 unspecified atom stereocenters. The van der Waals surface area contributed by atoms with Gasteiger partial charge in [0.25, 0.3) is 0 Å². The summed E-state index contributed by atoms with van der Waals surface area (Å²) >= 11 is 3.38. The van der Waals surface area contributed by atoms with E-state index < -0.39 is 0 Å². The SMILES string of the molecule is Nc1ccn2ccc(Br)cc12. The molecular weight excluding hydrogens is 204 g/mol. The quantitative estimate of drug-likeness (QED) is 0.711. The fraction of sp³-hybridized carbons (Fsp3) is 0. The number of halogens is 1. The maximum atomic E-state index is 5.70.